The first-order valence-electron chi connectivity index (χ1n) is 9.08. The molecule has 0 bridgehead atoms. The number of nitriles is 1. The zero-order chi connectivity index (χ0) is 20.6. The zero-order valence-corrected chi connectivity index (χ0v) is 16.6. The Labute approximate surface area is 173 Å². The van der Waals surface area contributed by atoms with E-state index in [2.05, 4.69) is 16.7 Å². The number of hydrogen-bond acceptors (Lipinski definition) is 4. The van der Waals surface area contributed by atoms with E-state index in [1.807, 2.05) is 37.3 Å². The standard InChI is InChI=1S/C23H19N3O2S/c1-2-25-22(27)16-11-13-18(14-12-16)26-23(28)19-8-4-6-10-21(19)29-20-9-5-3-7-17(20)15-24/h3-14H,2H2,1H3,(H,25,27)(H,26,28). The zero-order valence-electron chi connectivity index (χ0n) is 15.8. The third kappa shape index (κ3) is 5.03. The second-order valence-corrected chi connectivity index (χ2v) is 7.18. The predicted octanol–water partition coefficient (Wildman–Crippen LogP) is 4.71. The van der Waals surface area contributed by atoms with Crippen LogP contribution in [0.15, 0.2) is 82.6 Å². The summed E-state index contributed by atoms with van der Waals surface area (Å²) in [6, 6.07) is 23.4. The molecular weight excluding hydrogens is 382 g/mol. The van der Waals surface area contributed by atoms with E-state index in [1.54, 1.807) is 42.5 Å². The summed E-state index contributed by atoms with van der Waals surface area (Å²) >= 11 is 1.38. The highest BCUT2D eigenvalue weighted by molar-refractivity contribution is 7.99. The van der Waals surface area contributed by atoms with E-state index >= 15 is 0 Å². The van der Waals surface area contributed by atoms with E-state index in [4.69, 9.17) is 0 Å². The Morgan fingerprint density at radius 2 is 1.55 bits per heavy atom. The molecule has 6 heteroatoms. The molecule has 2 N–H and O–H groups in total. The quantitative estimate of drug-likeness (QED) is 0.627. The molecule has 0 aliphatic carbocycles. The van der Waals surface area contributed by atoms with Crippen LogP contribution in [0.4, 0.5) is 5.69 Å². The molecule has 0 saturated heterocycles. The van der Waals surface area contributed by atoms with Gasteiger partial charge in [-0.05, 0) is 55.5 Å². The van der Waals surface area contributed by atoms with Gasteiger partial charge in [0.25, 0.3) is 11.8 Å². The van der Waals surface area contributed by atoms with Crippen LogP contribution in [-0.2, 0) is 0 Å². The number of amides is 2. The van der Waals surface area contributed by atoms with Crippen molar-refractivity contribution in [2.75, 3.05) is 11.9 Å². The lowest BCUT2D eigenvalue weighted by Gasteiger charge is -2.11. The molecule has 0 radical (unpaired) electrons. The van der Waals surface area contributed by atoms with Gasteiger partial charge in [-0.15, -0.1) is 0 Å². The van der Waals surface area contributed by atoms with Crippen LogP contribution in [0.2, 0.25) is 0 Å². The van der Waals surface area contributed by atoms with Gasteiger partial charge in [-0.1, -0.05) is 36.0 Å². The highest BCUT2D eigenvalue weighted by Gasteiger charge is 2.14. The van der Waals surface area contributed by atoms with Crippen molar-refractivity contribution in [1.29, 1.82) is 5.26 Å². The van der Waals surface area contributed by atoms with Gasteiger partial charge in [0.1, 0.15) is 6.07 Å². The fraction of sp³-hybridized carbons (Fsp3) is 0.0870. The van der Waals surface area contributed by atoms with Gasteiger partial charge in [0.15, 0.2) is 0 Å². The molecule has 0 heterocycles. The van der Waals surface area contributed by atoms with Crippen molar-refractivity contribution in [3.63, 3.8) is 0 Å². The van der Waals surface area contributed by atoms with E-state index in [9.17, 15) is 14.9 Å². The van der Waals surface area contributed by atoms with Crippen molar-refractivity contribution >= 4 is 29.3 Å². The topological polar surface area (TPSA) is 82.0 Å². The number of rotatable bonds is 6. The molecule has 2 amide bonds. The van der Waals surface area contributed by atoms with E-state index < -0.39 is 0 Å². The molecular formula is C23H19N3O2S. The van der Waals surface area contributed by atoms with Gasteiger partial charge in [-0.3, -0.25) is 9.59 Å². The molecule has 0 aliphatic heterocycles. The molecule has 29 heavy (non-hydrogen) atoms. The molecule has 144 valence electrons. The number of hydrogen-bond donors (Lipinski definition) is 2. The molecule has 3 rings (SSSR count). The van der Waals surface area contributed by atoms with Gasteiger partial charge in [-0.25, -0.2) is 0 Å². The van der Waals surface area contributed by atoms with E-state index in [0.717, 1.165) is 9.79 Å². The van der Waals surface area contributed by atoms with E-state index in [1.165, 1.54) is 11.8 Å². The summed E-state index contributed by atoms with van der Waals surface area (Å²) < 4.78 is 0. The van der Waals surface area contributed by atoms with Crippen LogP contribution in [0.5, 0.6) is 0 Å². The van der Waals surface area contributed by atoms with E-state index in [-0.39, 0.29) is 11.8 Å². The molecule has 5 nitrogen and oxygen atoms in total. The van der Waals surface area contributed by atoms with Crippen molar-refractivity contribution < 1.29 is 9.59 Å². The van der Waals surface area contributed by atoms with Crippen LogP contribution in [0.25, 0.3) is 0 Å². The third-order valence-electron chi connectivity index (χ3n) is 4.10. The summed E-state index contributed by atoms with van der Waals surface area (Å²) in [6.07, 6.45) is 0. The van der Waals surface area contributed by atoms with E-state index in [0.29, 0.717) is 28.9 Å². The highest BCUT2D eigenvalue weighted by atomic mass is 32.2. The van der Waals surface area contributed by atoms with Crippen molar-refractivity contribution in [3.8, 4) is 6.07 Å². The molecule has 0 aromatic heterocycles. The van der Waals surface area contributed by atoms with Crippen LogP contribution in [0, 0.1) is 11.3 Å². The predicted molar refractivity (Wildman–Crippen MR) is 114 cm³/mol. The van der Waals surface area contributed by atoms with Crippen molar-refractivity contribution in [2.45, 2.75) is 16.7 Å². The van der Waals surface area contributed by atoms with Crippen LogP contribution in [0.1, 0.15) is 33.2 Å². The summed E-state index contributed by atoms with van der Waals surface area (Å²) in [6.45, 7) is 2.41. The Balaban J connectivity index is 1.78. The second-order valence-electron chi connectivity index (χ2n) is 6.10. The lowest BCUT2D eigenvalue weighted by molar-refractivity contribution is 0.0955. The molecule has 0 spiro atoms. The molecule has 0 fully saturated rings. The van der Waals surface area contributed by atoms with Crippen LogP contribution >= 0.6 is 11.8 Å². The first-order valence-corrected chi connectivity index (χ1v) is 9.89. The Morgan fingerprint density at radius 3 is 2.24 bits per heavy atom. The van der Waals surface area contributed by atoms with Gasteiger partial charge in [0.2, 0.25) is 0 Å². The summed E-state index contributed by atoms with van der Waals surface area (Å²) in [5.74, 6) is -0.406. The monoisotopic (exact) mass is 401 g/mol. The first kappa shape index (κ1) is 20.2. The van der Waals surface area contributed by atoms with Gasteiger partial charge < -0.3 is 10.6 Å². The largest absolute Gasteiger partial charge is 0.352 e. The van der Waals surface area contributed by atoms with Gasteiger partial charge in [0, 0.05) is 27.6 Å². The minimum Gasteiger partial charge on any atom is -0.352 e. The maximum absolute atomic E-state index is 12.8. The molecule has 0 aliphatic rings. The molecule has 0 atom stereocenters. The van der Waals surface area contributed by atoms with Gasteiger partial charge in [-0.2, -0.15) is 5.26 Å². The molecule has 0 unspecified atom stereocenters. The van der Waals surface area contributed by atoms with Crippen molar-refractivity contribution in [3.05, 3.63) is 89.5 Å². The second kappa shape index (κ2) is 9.58. The number of benzene rings is 3. The normalized spacial score (nSPS) is 10.1. The van der Waals surface area contributed by atoms with Crippen molar-refractivity contribution in [1.82, 2.24) is 5.32 Å². The van der Waals surface area contributed by atoms with Crippen LogP contribution in [-0.4, -0.2) is 18.4 Å². The first-order chi connectivity index (χ1) is 14.1. The number of anilines is 1. The highest BCUT2D eigenvalue weighted by Crippen LogP contribution is 2.32. The summed E-state index contributed by atoms with van der Waals surface area (Å²) in [7, 11) is 0. The maximum Gasteiger partial charge on any atom is 0.256 e. The fourth-order valence-electron chi connectivity index (χ4n) is 2.68. The van der Waals surface area contributed by atoms with Crippen molar-refractivity contribution in [2.24, 2.45) is 0 Å². The molecule has 3 aromatic carbocycles. The Hall–Kier alpha value is -3.56. The number of nitrogens with one attached hydrogen (secondary N) is 2. The Morgan fingerprint density at radius 1 is 0.897 bits per heavy atom. The number of carbonyl (C=O) groups excluding carboxylic acids is 2. The summed E-state index contributed by atoms with van der Waals surface area (Å²) in [5, 5.41) is 14.9. The van der Waals surface area contributed by atoms with Gasteiger partial charge in [0.05, 0.1) is 11.1 Å². The minimum atomic E-state index is -0.256. The summed E-state index contributed by atoms with van der Waals surface area (Å²) in [5.41, 5.74) is 2.21. The minimum absolute atomic E-state index is 0.150. The van der Waals surface area contributed by atoms with Crippen LogP contribution in [0.3, 0.4) is 0 Å². The smallest absolute Gasteiger partial charge is 0.256 e. The number of carbonyl (C=O) groups is 2. The lowest BCUT2D eigenvalue weighted by atomic mass is 10.1. The number of nitrogens with zero attached hydrogens (tertiary/aromatic N) is 1. The molecule has 0 saturated carbocycles. The maximum atomic E-state index is 12.8. The Kier molecular flexibility index (Phi) is 6.67. The lowest BCUT2D eigenvalue weighted by Crippen LogP contribution is -2.22. The fourth-order valence-corrected chi connectivity index (χ4v) is 3.70. The summed E-state index contributed by atoms with van der Waals surface area (Å²) in [4.78, 5) is 26.2. The van der Waals surface area contributed by atoms with Gasteiger partial charge >= 0.3 is 0 Å². The average Bonchev–Trinajstić information content (AvgIpc) is 2.75. The average molecular weight is 401 g/mol. The third-order valence-corrected chi connectivity index (χ3v) is 5.25. The molecule has 3 aromatic rings. The Bertz CT molecular complexity index is 1070. The van der Waals surface area contributed by atoms with Crippen LogP contribution < -0.4 is 10.6 Å². The SMILES string of the molecule is CCNC(=O)c1ccc(NC(=O)c2ccccc2Sc2ccccc2C#N)cc1.